The summed E-state index contributed by atoms with van der Waals surface area (Å²) in [6.07, 6.45) is -3.25. The van der Waals surface area contributed by atoms with E-state index in [9.17, 15) is 32.3 Å². The molecule has 1 aliphatic rings. The molecule has 5 aromatic rings. The number of carbonyl (C=O) groups is 4. The number of nitrogens with one attached hydrogen (secondary N) is 5. The van der Waals surface area contributed by atoms with Crippen molar-refractivity contribution in [1.82, 2.24) is 35.7 Å². The number of hydrogen-bond donors (Lipinski definition) is 5. The number of ether oxygens (including phenoxy) is 2. The molecule has 1 fully saturated rings. The van der Waals surface area contributed by atoms with Crippen LogP contribution in [0.2, 0.25) is 5.02 Å². The summed E-state index contributed by atoms with van der Waals surface area (Å²) >= 11 is 6.03. The topological polar surface area (TPSA) is 224 Å². The standard InChI is InChI=1S/C36H32ClF3N10O7/c1-19-42-27(50-57-19)21-4-3-5-25(16-21)43-30(53)29(52)41-17-26(31(54)55-2)45-28(51)20-6-12-24(13-7-20)44-32-46-33(48-34(47-32)56-18-36(38,39)40)49-35(14-15-35)22-8-10-23(37)11-9-22/h3-13,16,26H,14-15,17-18H2,1-2H3,(H,41,52)(H,43,53)(H,45,51)(H2,44,46,47,48,49)/t26-/m0/s1. The van der Waals surface area contributed by atoms with Gasteiger partial charge >= 0.3 is 30.0 Å². The minimum Gasteiger partial charge on any atom is -0.467 e. The predicted octanol–water partition coefficient (Wildman–Crippen LogP) is 4.70. The Morgan fingerprint density at radius 1 is 0.912 bits per heavy atom. The molecule has 3 amide bonds. The van der Waals surface area contributed by atoms with Gasteiger partial charge in [-0.2, -0.15) is 33.1 Å². The third-order valence-corrected chi connectivity index (χ3v) is 8.50. The van der Waals surface area contributed by atoms with Gasteiger partial charge in [0.05, 0.1) is 12.6 Å². The lowest BCUT2D eigenvalue weighted by molar-refractivity contribution is -0.154. The second-order valence-corrected chi connectivity index (χ2v) is 13.0. The zero-order chi connectivity index (χ0) is 40.7. The van der Waals surface area contributed by atoms with Crippen LogP contribution < -0.4 is 31.3 Å². The monoisotopic (exact) mass is 808 g/mol. The van der Waals surface area contributed by atoms with Crippen LogP contribution in [-0.2, 0) is 24.7 Å². The first-order chi connectivity index (χ1) is 27.2. The van der Waals surface area contributed by atoms with Crippen molar-refractivity contribution in [1.29, 1.82) is 0 Å². The highest BCUT2D eigenvalue weighted by atomic mass is 35.5. The Morgan fingerprint density at radius 3 is 2.28 bits per heavy atom. The summed E-state index contributed by atoms with van der Waals surface area (Å²) in [4.78, 5) is 67.3. The van der Waals surface area contributed by atoms with Crippen LogP contribution in [0.3, 0.4) is 0 Å². The van der Waals surface area contributed by atoms with Crippen molar-refractivity contribution in [2.75, 3.05) is 36.2 Å². The van der Waals surface area contributed by atoms with Crippen LogP contribution in [0, 0.1) is 6.92 Å². The van der Waals surface area contributed by atoms with Gasteiger partial charge in [0, 0.05) is 41.0 Å². The summed E-state index contributed by atoms with van der Waals surface area (Å²) in [5.41, 5.74) is 1.49. The Labute approximate surface area is 326 Å². The minimum absolute atomic E-state index is 0.0451. The van der Waals surface area contributed by atoms with Gasteiger partial charge in [0.25, 0.3) is 5.91 Å². The van der Waals surface area contributed by atoms with Gasteiger partial charge < -0.3 is 40.6 Å². The summed E-state index contributed by atoms with van der Waals surface area (Å²) in [7, 11) is 1.08. The van der Waals surface area contributed by atoms with Gasteiger partial charge in [-0.3, -0.25) is 14.4 Å². The first-order valence-corrected chi connectivity index (χ1v) is 17.3. The molecule has 2 heterocycles. The fourth-order valence-corrected chi connectivity index (χ4v) is 5.43. The minimum atomic E-state index is -4.65. The third-order valence-electron chi connectivity index (χ3n) is 8.25. The number of carbonyl (C=O) groups excluding carboxylic acids is 4. The number of anilines is 4. The average Bonchev–Trinajstić information content (AvgIpc) is 3.83. The summed E-state index contributed by atoms with van der Waals surface area (Å²) in [6.45, 7) is -0.515. The zero-order valence-corrected chi connectivity index (χ0v) is 30.7. The van der Waals surface area contributed by atoms with E-state index in [1.165, 1.54) is 36.4 Å². The Balaban J connectivity index is 1.08. The molecule has 3 aromatic carbocycles. The summed E-state index contributed by atoms with van der Waals surface area (Å²) in [5.74, 6) is -3.38. The summed E-state index contributed by atoms with van der Waals surface area (Å²) in [5, 5.41) is 17.6. The lowest BCUT2D eigenvalue weighted by atomic mass is 10.1. The molecule has 1 aliphatic carbocycles. The third kappa shape index (κ3) is 10.7. The van der Waals surface area contributed by atoms with Crippen molar-refractivity contribution in [3.8, 4) is 17.4 Å². The number of methoxy groups -OCH3 is 1. The molecule has 2 aromatic heterocycles. The van der Waals surface area contributed by atoms with E-state index in [0.717, 1.165) is 12.7 Å². The highest BCUT2D eigenvalue weighted by Crippen LogP contribution is 2.48. The van der Waals surface area contributed by atoms with Gasteiger partial charge in [0.15, 0.2) is 6.61 Å². The van der Waals surface area contributed by atoms with E-state index < -0.39 is 60.6 Å². The van der Waals surface area contributed by atoms with Crippen LogP contribution in [0.15, 0.2) is 77.3 Å². The highest BCUT2D eigenvalue weighted by molar-refractivity contribution is 6.39. The van der Waals surface area contributed by atoms with Crippen LogP contribution in [0.1, 0.15) is 34.7 Å². The Bertz CT molecular complexity index is 2270. The quantitative estimate of drug-likeness (QED) is 0.0758. The molecular formula is C36H32ClF3N10O7. The molecule has 296 valence electrons. The molecule has 57 heavy (non-hydrogen) atoms. The van der Waals surface area contributed by atoms with Gasteiger partial charge in [0.2, 0.25) is 23.6 Å². The smallest absolute Gasteiger partial charge is 0.422 e. The van der Waals surface area contributed by atoms with Gasteiger partial charge in [0.1, 0.15) is 6.04 Å². The number of halogens is 4. The van der Waals surface area contributed by atoms with Gasteiger partial charge in [-0.15, -0.1) is 0 Å². The average molecular weight is 809 g/mol. The summed E-state index contributed by atoms with van der Waals surface area (Å²) < 4.78 is 53.5. The van der Waals surface area contributed by atoms with Gasteiger partial charge in [-0.05, 0) is 66.9 Å². The molecule has 0 saturated heterocycles. The maximum atomic E-state index is 13.1. The second-order valence-electron chi connectivity index (χ2n) is 12.5. The maximum absolute atomic E-state index is 13.1. The molecule has 1 atom stereocenters. The molecule has 0 bridgehead atoms. The van der Waals surface area contributed by atoms with Gasteiger partial charge in [-0.25, -0.2) is 4.79 Å². The molecule has 6 rings (SSSR count). The number of benzene rings is 3. The predicted molar refractivity (Wildman–Crippen MR) is 196 cm³/mol. The Morgan fingerprint density at radius 2 is 1.63 bits per heavy atom. The van der Waals surface area contributed by atoms with Crippen LogP contribution >= 0.6 is 11.6 Å². The molecule has 5 N–H and O–H groups in total. The lowest BCUT2D eigenvalue weighted by Gasteiger charge is -2.19. The Kier molecular flexibility index (Phi) is 11.8. The van der Waals surface area contributed by atoms with E-state index in [1.54, 1.807) is 31.2 Å². The normalized spacial score (nSPS) is 13.4. The van der Waals surface area contributed by atoms with E-state index in [1.807, 2.05) is 12.1 Å². The molecule has 21 heteroatoms. The molecule has 0 spiro atoms. The lowest BCUT2D eigenvalue weighted by Crippen LogP contribution is -2.50. The number of aryl methyl sites for hydroxylation is 1. The zero-order valence-electron chi connectivity index (χ0n) is 29.9. The maximum Gasteiger partial charge on any atom is 0.422 e. The van der Waals surface area contributed by atoms with Crippen molar-refractivity contribution in [2.45, 2.75) is 37.5 Å². The summed E-state index contributed by atoms with van der Waals surface area (Å²) in [6, 6.07) is 17.1. The molecule has 0 radical (unpaired) electrons. The van der Waals surface area contributed by atoms with E-state index in [0.29, 0.717) is 35.0 Å². The number of rotatable bonds is 14. The Hall–Kier alpha value is -6.83. The van der Waals surface area contributed by atoms with Crippen LogP contribution in [0.5, 0.6) is 6.01 Å². The number of aromatic nitrogens is 5. The highest BCUT2D eigenvalue weighted by Gasteiger charge is 2.45. The SMILES string of the molecule is COC(=O)[C@H](CNC(=O)C(=O)Nc1cccc(-c2noc(C)n2)c1)NC(=O)c1ccc(Nc2nc(NC3(c4ccc(Cl)cc4)CC3)nc(OCC(F)(F)F)n2)cc1. The van der Waals surface area contributed by atoms with Crippen molar-refractivity contribution in [2.24, 2.45) is 0 Å². The molecular weight excluding hydrogens is 777 g/mol. The number of esters is 1. The molecule has 0 aliphatic heterocycles. The van der Waals surface area contributed by atoms with Gasteiger partial charge in [-0.1, -0.05) is 41.0 Å². The molecule has 1 saturated carbocycles. The number of nitrogens with zero attached hydrogens (tertiary/aromatic N) is 5. The van der Waals surface area contributed by atoms with Crippen molar-refractivity contribution in [3.63, 3.8) is 0 Å². The van der Waals surface area contributed by atoms with Crippen molar-refractivity contribution < 1.29 is 46.3 Å². The molecule has 17 nitrogen and oxygen atoms in total. The van der Waals surface area contributed by atoms with E-state index >= 15 is 0 Å². The van der Waals surface area contributed by atoms with Crippen LogP contribution in [0.4, 0.5) is 36.4 Å². The molecule has 0 unspecified atom stereocenters. The van der Waals surface area contributed by atoms with E-state index in [-0.39, 0.29) is 29.0 Å². The number of hydrogen-bond acceptors (Lipinski definition) is 14. The fourth-order valence-electron chi connectivity index (χ4n) is 5.30. The van der Waals surface area contributed by atoms with Crippen molar-refractivity contribution >= 4 is 58.6 Å². The van der Waals surface area contributed by atoms with Crippen molar-refractivity contribution in [3.05, 3.63) is 94.8 Å². The second kappa shape index (κ2) is 16.9. The number of alkyl halides is 3. The first-order valence-electron chi connectivity index (χ1n) is 16.9. The number of amides is 3. The van der Waals surface area contributed by atoms with Crippen LogP contribution in [0.25, 0.3) is 11.4 Å². The van der Waals surface area contributed by atoms with E-state index in [4.69, 9.17) is 25.6 Å². The largest absolute Gasteiger partial charge is 0.467 e. The first kappa shape index (κ1) is 39.9. The van der Waals surface area contributed by atoms with Crippen LogP contribution in [-0.4, -0.2) is 81.3 Å². The van der Waals surface area contributed by atoms with E-state index in [2.05, 4.69) is 51.7 Å². The fraction of sp³-hybridized carbons (Fsp3) is 0.250.